The van der Waals surface area contributed by atoms with Crippen LogP contribution in [0.5, 0.6) is 5.75 Å². The number of aromatic hydroxyl groups is 1. The second-order valence-corrected chi connectivity index (χ2v) is 3.77. The van der Waals surface area contributed by atoms with E-state index in [2.05, 4.69) is 5.32 Å². The highest BCUT2D eigenvalue weighted by atomic mass is 16.3. The van der Waals surface area contributed by atoms with Crippen molar-refractivity contribution in [2.75, 3.05) is 19.8 Å². The molecular formula is C11H17NO4. The molecule has 0 aromatic heterocycles. The van der Waals surface area contributed by atoms with E-state index in [0.29, 0.717) is 6.54 Å². The second kappa shape index (κ2) is 5.81. The van der Waals surface area contributed by atoms with Gasteiger partial charge >= 0.3 is 0 Å². The molecule has 0 radical (unpaired) electrons. The van der Waals surface area contributed by atoms with Gasteiger partial charge in [-0.2, -0.15) is 0 Å². The van der Waals surface area contributed by atoms with Crippen LogP contribution in [0, 0.1) is 0 Å². The van der Waals surface area contributed by atoms with E-state index in [1.54, 1.807) is 24.3 Å². The third kappa shape index (κ3) is 3.18. The van der Waals surface area contributed by atoms with Crippen molar-refractivity contribution in [3.05, 3.63) is 29.8 Å². The van der Waals surface area contributed by atoms with Gasteiger partial charge in [0.05, 0.1) is 25.4 Å². The molecule has 1 rings (SSSR count). The monoisotopic (exact) mass is 227 g/mol. The summed E-state index contributed by atoms with van der Waals surface area (Å²) in [6.45, 7) is -0.657. The van der Waals surface area contributed by atoms with Crippen LogP contribution in [0.25, 0.3) is 0 Å². The molecule has 1 aromatic carbocycles. The normalized spacial score (nSPS) is 11.7. The first-order valence-electron chi connectivity index (χ1n) is 5.01. The van der Waals surface area contributed by atoms with Crippen LogP contribution in [0.1, 0.15) is 5.56 Å². The molecule has 0 bridgehead atoms. The highest BCUT2D eigenvalue weighted by molar-refractivity contribution is 5.25. The molecule has 0 unspecified atom stereocenters. The summed E-state index contributed by atoms with van der Waals surface area (Å²) in [6.07, 6.45) is 0. The molecule has 0 aliphatic rings. The number of phenolic OH excluding ortho intramolecular Hbond substituents is 1. The van der Waals surface area contributed by atoms with Gasteiger partial charge in [0.1, 0.15) is 5.75 Å². The van der Waals surface area contributed by atoms with Crippen molar-refractivity contribution in [2.45, 2.75) is 12.1 Å². The lowest BCUT2D eigenvalue weighted by Gasteiger charge is -2.28. The Labute approximate surface area is 94.0 Å². The molecule has 0 spiro atoms. The number of hydrogen-bond acceptors (Lipinski definition) is 5. The zero-order valence-corrected chi connectivity index (χ0v) is 8.93. The molecule has 0 heterocycles. The molecule has 0 aliphatic heterocycles. The lowest BCUT2D eigenvalue weighted by atomic mass is 10.0. The highest BCUT2D eigenvalue weighted by Gasteiger charge is 2.26. The SMILES string of the molecule is OCC(CO)(CO)NCc1ccc(O)cc1. The minimum Gasteiger partial charge on any atom is -0.508 e. The van der Waals surface area contributed by atoms with Gasteiger partial charge in [0.25, 0.3) is 0 Å². The topological polar surface area (TPSA) is 93.0 Å². The highest BCUT2D eigenvalue weighted by Crippen LogP contribution is 2.11. The second-order valence-electron chi connectivity index (χ2n) is 3.77. The van der Waals surface area contributed by atoms with Crippen LogP contribution in [-0.2, 0) is 6.54 Å². The summed E-state index contributed by atoms with van der Waals surface area (Å²) in [5.74, 6) is 0.182. The Bertz CT molecular complexity index is 300. The van der Waals surface area contributed by atoms with Crippen molar-refractivity contribution < 1.29 is 20.4 Å². The first-order valence-corrected chi connectivity index (χ1v) is 5.01. The smallest absolute Gasteiger partial charge is 0.115 e. The van der Waals surface area contributed by atoms with Crippen molar-refractivity contribution in [1.29, 1.82) is 0 Å². The first kappa shape index (κ1) is 12.9. The standard InChI is InChI=1S/C11H17NO4/c13-6-11(7-14,8-15)12-5-9-1-3-10(16)4-2-9/h1-4,12-16H,5-8H2. The average Bonchev–Trinajstić information content (AvgIpc) is 2.34. The van der Waals surface area contributed by atoms with E-state index in [4.69, 9.17) is 20.4 Å². The number of hydrogen-bond donors (Lipinski definition) is 5. The number of benzene rings is 1. The van der Waals surface area contributed by atoms with Crippen molar-refractivity contribution in [1.82, 2.24) is 5.32 Å². The molecule has 5 nitrogen and oxygen atoms in total. The molecule has 0 amide bonds. The molecule has 0 atom stereocenters. The summed E-state index contributed by atoms with van der Waals surface area (Å²) in [5.41, 5.74) is -0.185. The Morgan fingerprint density at radius 2 is 1.44 bits per heavy atom. The van der Waals surface area contributed by atoms with Gasteiger partial charge in [-0.15, -0.1) is 0 Å². The van der Waals surface area contributed by atoms with E-state index >= 15 is 0 Å². The number of rotatable bonds is 6. The molecule has 5 heteroatoms. The van der Waals surface area contributed by atoms with E-state index in [1.165, 1.54) is 0 Å². The van der Waals surface area contributed by atoms with Gasteiger partial charge < -0.3 is 25.7 Å². The number of aliphatic hydroxyl groups excluding tert-OH is 3. The molecule has 0 fully saturated rings. The number of aliphatic hydroxyl groups is 3. The molecular weight excluding hydrogens is 210 g/mol. The number of nitrogens with one attached hydrogen (secondary N) is 1. The van der Waals surface area contributed by atoms with Crippen molar-refractivity contribution in [3.63, 3.8) is 0 Å². The van der Waals surface area contributed by atoms with E-state index in [1.807, 2.05) is 0 Å². The van der Waals surface area contributed by atoms with Gasteiger partial charge in [-0.1, -0.05) is 12.1 Å². The third-order valence-electron chi connectivity index (χ3n) is 2.51. The molecule has 5 N–H and O–H groups in total. The van der Waals surface area contributed by atoms with E-state index in [-0.39, 0.29) is 25.6 Å². The van der Waals surface area contributed by atoms with Crippen molar-refractivity contribution >= 4 is 0 Å². The van der Waals surface area contributed by atoms with Crippen LogP contribution in [0.15, 0.2) is 24.3 Å². The quantitative estimate of drug-likeness (QED) is 0.438. The van der Waals surface area contributed by atoms with Crippen LogP contribution in [0.2, 0.25) is 0 Å². The Morgan fingerprint density at radius 3 is 1.88 bits per heavy atom. The van der Waals surface area contributed by atoms with Crippen LogP contribution in [-0.4, -0.2) is 45.8 Å². The van der Waals surface area contributed by atoms with Gasteiger partial charge in [0.15, 0.2) is 0 Å². The average molecular weight is 227 g/mol. The van der Waals surface area contributed by atoms with Crippen LogP contribution >= 0.6 is 0 Å². The number of phenols is 1. The molecule has 0 aliphatic carbocycles. The molecule has 1 aromatic rings. The summed E-state index contributed by atoms with van der Waals surface area (Å²) in [5, 5.41) is 39.2. The van der Waals surface area contributed by atoms with Crippen LogP contribution < -0.4 is 5.32 Å². The van der Waals surface area contributed by atoms with Gasteiger partial charge in [-0.05, 0) is 17.7 Å². The lowest BCUT2D eigenvalue weighted by Crippen LogP contribution is -2.54. The van der Waals surface area contributed by atoms with Crippen molar-refractivity contribution in [2.24, 2.45) is 0 Å². The van der Waals surface area contributed by atoms with Crippen LogP contribution in [0.4, 0.5) is 0 Å². The van der Waals surface area contributed by atoms with Gasteiger partial charge in [-0.3, -0.25) is 0 Å². The predicted octanol–water partition coefficient (Wildman–Crippen LogP) is -0.803. The Kier molecular flexibility index (Phi) is 4.70. The fourth-order valence-corrected chi connectivity index (χ4v) is 1.22. The minimum absolute atomic E-state index is 0.182. The maximum absolute atomic E-state index is 9.08. The van der Waals surface area contributed by atoms with E-state index < -0.39 is 5.54 Å². The van der Waals surface area contributed by atoms with Gasteiger partial charge in [-0.25, -0.2) is 0 Å². The zero-order chi connectivity index (χ0) is 12.0. The fraction of sp³-hybridized carbons (Fsp3) is 0.455. The summed E-state index contributed by atoms with van der Waals surface area (Å²) in [7, 11) is 0. The molecule has 90 valence electrons. The van der Waals surface area contributed by atoms with Gasteiger partial charge in [0, 0.05) is 6.54 Å². The molecule has 16 heavy (non-hydrogen) atoms. The van der Waals surface area contributed by atoms with Crippen molar-refractivity contribution in [3.8, 4) is 5.75 Å². The molecule has 0 saturated heterocycles. The largest absolute Gasteiger partial charge is 0.508 e. The zero-order valence-electron chi connectivity index (χ0n) is 8.93. The summed E-state index contributed by atoms with van der Waals surface area (Å²) in [6, 6.07) is 6.55. The van der Waals surface area contributed by atoms with E-state index in [0.717, 1.165) is 5.56 Å². The summed E-state index contributed by atoms with van der Waals surface area (Å²) >= 11 is 0. The maximum Gasteiger partial charge on any atom is 0.115 e. The van der Waals surface area contributed by atoms with Gasteiger partial charge in [0.2, 0.25) is 0 Å². The minimum atomic E-state index is -1.07. The Balaban J connectivity index is 2.58. The van der Waals surface area contributed by atoms with E-state index in [9.17, 15) is 0 Å². The summed E-state index contributed by atoms with van der Waals surface area (Å²) in [4.78, 5) is 0. The Morgan fingerprint density at radius 1 is 0.938 bits per heavy atom. The molecule has 0 saturated carbocycles. The predicted molar refractivity (Wildman–Crippen MR) is 58.9 cm³/mol. The lowest BCUT2D eigenvalue weighted by molar-refractivity contribution is 0.0414. The Hall–Kier alpha value is -1.14. The maximum atomic E-state index is 9.08. The van der Waals surface area contributed by atoms with Crippen LogP contribution in [0.3, 0.4) is 0 Å². The summed E-state index contributed by atoms with van der Waals surface area (Å²) < 4.78 is 0. The fourth-order valence-electron chi connectivity index (χ4n) is 1.22. The first-order chi connectivity index (χ1) is 7.65. The third-order valence-corrected chi connectivity index (χ3v) is 2.51.